The maximum Gasteiger partial charge on any atom is 0.310 e. The lowest BCUT2D eigenvalue weighted by Gasteiger charge is -2.59. The number of esters is 1. The van der Waals surface area contributed by atoms with E-state index < -0.39 is 89.3 Å². The first kappa shape index (κ1) is 24.6. The molecule has 0 radical (unpaired) electrons. The van der Waals surface area contributed by atoms with Gasteiger partial charge < -0.3 is 50.5 Å². The first-order valence-electron chi connectivity index (χ1n) is 9.87. The van der Waals surface area contributed by atoms with E-state index in [-0.39, 0.29) is 6.42 Å². The van der Waals surface area contributed by atoms with E-state index >= 15 is 0 Å². The van der Waals surface area contributed by atoms with Crippen LogP contribution in [0.25, 0.3) is 0 Å². The highest BCUT2D eigenvalue weighted by Crippen LogP contribution is 2.54. The number of aliphatic hydroxyl groups excluding tert-OH is 6. The molecule has 3 saturated carbocycles. The van der Waals surface area contributed by atoms with Gasteiger partial charge in [-0.15, -0.1) is 11.8 Å². The minimum Gasteiger partial charge on any atom is -0.469 e. The molecule has 1 aliphatic heterocycles. The summed E-state index contributed by atoms with van der Waals surface area (Å²) in [6, 6.07) is -1.19. The number of carbonyl (C=O) groups is 2. The Hall–Kier alpha value is -1.03. The Morgan fingerprint density at radius 3 is 2.35 bits per heavy atom. The number of ether oxygens (including phenoxy) is 2. The van der Waals surface area contributed by atoms with Gasteiger partial charge in [0.2, 0.25) is 5.91 Å². The van der Waals surface area contributed by atoms with Crippen LogP contribution >= 0.6 is 11.8 Å². The average molecular weight is 467 g/mol. The number of nitrogens with one attached hydrogen (secondary N) is 1. The zero-order chi connectivity index (χ0) is 23.2. The van der Waals surface area contributed by atoms with Gasteiger partial charge >= 0.3 is 5.97 Å². The second kappa shape index (κ2) is 9.08. The van der Waals surface area contributed by atoms with E-state index in [0.717, 1.165) is 18.9 Å². The maximum absolute atomic E-state index is 12.6. The van der Waals surface area contributed by atoms with E-state index in [0.29, 0.717) is 0 Å². The summed E-state index contributed by atoms with van der Waals surface area (Å²) in [5.74, 6) is -3.77. The smallest absolute Gasteiger partial charge is 0.310 e. The molecular formula is C18H29NO11S. The monoisotopic (exact) mass is 467 g/mol. The van der Waals surface area contributed by atoms with E-state index in [2.05, 4.69) is 5.32 Å². The summed E-state index contributed by atoms with van der Waals surface area (Å²) in [7, 11) is 1.10. The lowest BCUT2D eigenvalue weighted by Crippen LogP contribution is -2.75. The predicted octanol–water partition coefficient (Wildman–Crippen LogP) is -4.33. The summed E-state index contributed by atoms with van der Waals surface area (Å²) >= 11 is 0.786. The normalized spacial score (nSPS) is 49.5. The Morgan fingerprint density at radius 1 is 1.16 bits per heavy atom. The Labute approximate surface area is 182 Å². The Morgan fingerprint density at radius 2 is 1.81 bits per heavy atom. The van der Waals surface area contributed by atoms with Crippen molar-refractivity contribution in [2.75, 3.05) is 13.7 Å². The van der Waals surface area contributed by atoms with Gasteiger partial charge in [0.15, 0.2) is 0 Å². The summed E-state index contributed by atoms with van der Waals surface area (Å²) in [6.45, 7) is 0.531. The van der Waals surface area contributed by atoms with Crippen LogP contribution in [0.2, 0.25) is 0 Å². The van der Waals surface area contributed by atoms with Crippen LogP contribution in [0.4, 0.5) is 0 Å². The molecule has 12 atom stereocenters. The van der Waals surface area contributed by atoms with Crippen molar-refractivity contribution in [3.63, 3.8) is 0 Å². The molecule has 178 valence electrons. The molecule has 4 rings (SSSR count). The molecule has 0 aromatic heterocycles. The summed E-state index contributed by atoms with van der Waals surface area (Å²) < 4.78 is 10.5. The molecule has 1 amide bonds. The van der Waals surface area contributed by atoms with Crippen LogP contribution in [0.15, 0.2) is 0 Å². The number of hydrogen-bond acceptors (Lipinski definition) is 12. The van der Waals surface area contributed by atoms with Crippen molar-refractivity contribution >= 4 is 23.6 Å². The van der Waals surface area contributed by atoms with Crippen LogP contribution in [0, 0.1) is 11.8 Å². The van der Waals surface area contributed by atoms with Gasteiger partial charge in [-0.3, -0.25) is 9.59 Å². The van der Waals surface area contributed by atoms with Gasteiger partial charge in [-0.2, -0.15) is 0 Å². The van der Waals surface area contributed by atoms with Crippen molar-refractivity contribution in [3.05, 3.63) is 0 Å². The molecule has 0 aromatic carbocycles. The molecule has 1 heterocycles. The van der Waals surface area contributed by atoms with Crippen LogP contribution in [0.3, 0.4) is 0 Å². The summed E-state index contributed by atoms with van der Waals surface area (Å²) in [5.41, 5.74) is -3.29. The Kier molecular flexibility index (Phi) is 7.21. The third kappa shape index (κ3) is 4.07. The fourth-order valence-electron chi connectivity index (χ4n) is 4.93. The summed E-state index contributed by atoms with van der Waals surface area (Å²) in [6.07, 6.45) is -9.19. The molecule has 4 fully saturated rings. The Balaban J connectivity index is 1.98. The highest BCUT2D eigenvalue weighted by Gasteiger charge is 2.68. The number of fused-ring (bicyclic) bond motifs is 3. The lowest BCUT2D eigenvalue weighted by atomic mass is 9.57. The summed E-state index contributed by atoms with van der Waals surface area (Å²) in [4.78, 5) is 24.2. The SMILES string of the molecule is COC(=O)[C@@H]1[C@H]2[C@@H](O)[C@@H](O)[C@](O)(C[C@H]2O)[C@@H]1S[C@@H]1O[C@H](CO)[C@@H](O)[C@H](O)[C@H]1NC(C)=O. The van der Waals surface area contributed by atoms with Crippen LogP contribution < -0.4 is 5.32 Å². The van der Waals surface area contributed by atoms with Crippen molar-refractivity contribution in [2.45, 2.75) is 72.3 Å². The second-order valence-corrected chi connectivity index (χ2v) is 9.56. The zero-order valence-electron chi connectivity index (χ0n) is 16.9. The van der Waals surface area contributed by atoms with Crippen molar-refractivity contribution in [2.24, 2.45) is 11.8 Å². The number of aliphatic hydroxyl groups is 7. The van der Waals surface area contributed by atoms with Gasteiger partial charge in [0, 0.05) is 19.3 Å². The third-order valence-corrected chi connectivity index (χ3v) is 8.12. The number of hydrogen-bond donors (Lipinski definition) is 8. The number of rotatable bonds is 5. The number of thioether (sulfide) groups is 1. The summed E-state index contributed by atoms with van der Waals surface area (Å²) in [5, 5.41) is 73.9. The number of methoxy groups -OCH3 is 1. The molecule has 3 aliphatic carbocycles. The molecule has 8 N–H and O–H groups in total. The Bertz CT molecular complexity index is 697. The van der Waals surface area contributed by atoms with Crippen LogP contribution in [-0.4, -0.2) is 120 Å². The van der Waals surface area contributed by atoms with Gasteiger partial charge in [0.1, 0.15) is 35.5 Å². The third-order valence-electron chi connectivity index (χ3n) is 6.45. The molecule has 0 spiro atoms. The zero-order valence-corrected chi connectivity index (χ0v) is 17.8. The molecule has 4 aliphatic rings. The molecule has 0 unspecified atom stereocenters. The van der Waals surface area contributed by atoms with E-state index in [1.54, 1.807) is 0 Å². The highest BCUT2D eigenvalue weighted by atomic mass is 32.2. The quantitative estimate of drug-likeness (QED) is 0.181. The number of carbonyl (C=O) groups excluding carboxylic acids is 2. The lowest BCUT2D eigenvalue weighted by molar-refractivity contribution is -0.250. The maximum atomic E-state index is 12.6. The largest absolute Gasteiger partial charge is 0.469 e. The van der Waals surface area contributed by atoms with E-state index in [1.807, 2.05) is 0 Å². The molecule has 1 saturated heterocycles. The fourth-order valence-corrected chi connectivity index (χ4v) is 6.75. The number of amides is 1. The van der Waals surface area contributed by atoms with Gasteiger partial charge in [-0.1, -0.05) is 0 Å². The van der Waals surface area contributed by atoms with Gasteiger partial charge in [0.05, 0.1) is 43.1 Å². The topological polar surface area (TPSA) is 206 Å². The predicted molar refractivity (Wildman–Crippen MR) is 103 cm³/mol. The van der Waals surface area contributed by atoms with Crippen LogP contribution in [0.1, 0.15) is 13.3 Å². The van der Waals surface area contributed by atoms with Crippen molar-refractivity contribution in [3.8, 4) is 0 Å². The molecule has 12 nitrogen and oxygen atoms in total. The van der Waals surface area contributed by atoms with Gasteiger partial charge in [-0.05, 0) is 0 Å². The second-order valence-electron chi connectivity index (χ2n) is 8.31. The molecule has 2 bridgehead atoms. The molecular weight excluding hydrogens is 438 g/mol. The standard InChI is InChI=1S/C18H29NO11S/c1-5(21)19-10-13(25)11(23)7(4-20)30-17(10)31-15-9(16(27)29-2)8-6(22)3-18(15,28)14(26)12(8)24/h6-15,17,20,22-26,28H,3-4H2,1-2H3,(H,19,21)/t6-,7-,8+,9-,10-,11-,12-,13-,14-,15-,17+,18-/m1/s1. The van der Waals surface area contributed by atoms with E-state index in [1.165, 1.54) is 6.92 Å². The van der Waals surface area contributed by atoms with Crippen molar-refractivity contribution in [1.82, 2.24) is 5.32 Å². The highest BCUT2D eigenvalue weighted by molar-refractivity contribution is 8.00. The minimum absolute atomic E-state index is 0.340. The van der Waals surface area contributed by atoms with E-state index in [9.17, 15) is 45.3 Å². The van der Waals surface area contributed by atoms with Gasteiger partial charge in [-0.25, -0.2) is 0 Å². The molecule has 0 aromatic rings. The minimum atomic E-state index is -2.13. The van der Waals surface area contributed by atoms with Crippen LogP contribution in [-0.2, 0) is 19.1 Å². The first-order valence-corrected chi connectivity index (χ1v) is 10.8. The average Bonchev–Trinajstić information content (AvgIpc) is 2.71. The van der Waals surface area contributed by atoms with Gasteiger partial charge in [0.25, 0.3) is 0 Å². The van der Waals surface area contributed by atoms with Crippen molar-refractivity contribution in [1.29, 1.82) is 0 Å². The molecule has 13 heteroatoms. The fraction of sp³-hybridized carbons (Fsp3) is 0.889. The van der Waals surface area contributed by atoms with E-state index in [4.69, 9.17) is 9.47 Å². The first-order chi connectivity index (χ1) is 14.5. The van der Waals surface area contributed by atoms with Crippen molar-refractivity contribution < 1.29 is 54.8 Å². The van der Waals surface area contributed by atoms with Crippen LogP contribution in [0.5, 0.6) is 0 Å². The molecule has 31 heavy (non-hydrogen) atoms.